The first-order valence-corrected chi connectivity index (χ1v) is 7.97. The SMILES string of the molecule is FC(F)(F)c1ccc(Cl)c(C2NCCC2Cc2ccccc2)c1. The van der Waals surface area contributed by atoms with Crippen LogP contribution in [0.4, 0.5) is 13.2 Å². The van der Waals surface area contributed by atoms with E-state index in [1.165, 1.54) is 17.7 Å². The van der Waals surface area contributed by atoms with E-state index in [1.807, 2.05) is 30.3 Å². The van der Waals surface area contributed by atoms with E-state index in [4.69, 9.17) is 11.6 Å². The summed E-state index contributed by atoms with van der Waals surface area (Å²) >= 11 is 6.19. The van der Waals surface area contributed by atoms with Crippen molar-refractivity contribution in [1.82, 2.24) is 5.32 Å². The van der Waals surface area contributed by atoms with Gasteiger partial charge >= 0.3 is 6.18 Å². The van der Waals surface area contributed by atoms with E-state index in [0.717, 1.165) is 25.5 Å². The Morgan fingerprint density at radius 1 is 1.09 bits per heavy atom. The van der Waals surface area contributed by atoms with Crippen molar-refractivity contribution in [3.05, 3.63) is 70.2 Å². The molecule has 1 saturated heterocycles. The van der Waals surface area contributed by atoms with E-state index >= 15 is 0 Å². The summed E-state index contributed by atoms with van der Waals surface area (Å²) in [6, 6.07) is 13.4. The maximum Gasteiger partial charge on any atom is 0.416 e. The summed E-state index contributed by atoms with van der Waals surface area (Å²) < 4.78 is 38.9. The normalized spacial score (nSPS) is 21.6. The van der Waals surface area contributed by atoms with Crippen LogP contribution < -0.4 is 5.32 Å². The van der Waals surface area contributed by atoms with E-state index in [9.17, 15) is 13.2 Å². The molecular weight excluding hydrogens is 323 g/mol. The highest BCUT2D eigenvalue weighted by atomic mass is 35.5. The van der Waals surface area contributed by atoms with Gasteiger partial charge in [-0.3, -0.25) is 0 Å². The van der Waals surface area contributed by atoms with E-state index in [2.05, 4.69) is 5.32 Å². The average molecular weight is 340 g/mol. The lowest BCUT2D eigenvalue weighted by Crippen LogP contribution is -2.20. The summed E-state index contributed by atoms with van der Waals surface area (Å²) in [7, 11) is 0. The molecule has 1 fully saturated rings. The Labute approximate surface area is 138 Å². The predicted octanol–water partition coefficient (Wildman–Crippen LogP) is 5.25. The topological polar surface area (TPSA) is 12.0 Å². The van der Waals surface area contributed by atoms with Crippen LogP contribution in [0.25, 0.3) is 0 Å². The number of hydrogen-bond donors (Lipinski definition) is 1. The Bertz CT molecular complexity index is 670. The summed E-state index contributed by atoms with van der Waals surface area (Å²) in [5, 5.41) is 3.70. The molecule has 2 aromatic rings. The Kier molecular flexibility index (Phi) is 4.64. The minimum atomic E-state index is -4.35. The average Bonchev–Trinajstić information content (AvgIpc) is 2.95. The van der Waals surface area contributed by atoms with E-state index in [1.54, 1.807) is 0 Å². The zero-order chi connectivity index (χ0) is 16.4. The quantitative estimate of drug-likeness (QED) is 0.805. The molecule has 1 heterocycles. The van der Waals surface area contributed by atoms with Gasteiger partial charge in [0.05, 0.1) is 5.56 Å². The van der Waals surface area contributed by atoms with Gasteiger partial charge in [0.2, 0.25) is 0 Å². The van der Waals surface area contributed by atoms with Crippen LogP contribution in [0.1, 0.15) is 29.2 Å². The van der Waals surface area contributed by atoms with Crippen LogP contribution in [0.2, 0.25) is 5.02 Å². The van der Waals surface area contributed by atoms with Crippen molar-refractivity contribution in [2.24, 2.45) is 5.92 Å². The number of nitrogens with one attached hydrogen (secondary N) is 1. The van der Waals surface area contributed by atoms with Crippen LogP contribution in [0.15, 0.2) is 48.5 Å². The molecule has 0 aromatic heterocycles. The van der Waals surface area contributed by atoms with Gasteiger partial charge in [-0.05, 0) is 54.6 Å². The molecule has 0 bridgehead atoms. The number of benzene rings is 2. The first-order chi connectivity index (χ1) is 10.9. The molecular formula is C18H17ClF3N. The van der Waals surface area contributed by atoms with Gasteiger partial charge < -0.3 is 5.32 Å². The Morgan fingerprint density at radius 2 is 1.83 bits per heavy atom. The second-order valence-electron chi connectivity index (χ2n) is 5.90. The van der Waals surface area contributed by atoms with Gasteiger partial charge in [-0.1, -0.05) is 41.9 Å². The van der Waals surface area contributed by atoms with Crippen LogP contribution in [0, 0.1) is 5.92 Å². The molecule has 23 heavy (non-hydrogen) atoms. The highest BCUT2D eigenvalue weighted by molar-refractivity contribution is 6.31. The minimum Gasteiger partial charge on any atom is -0.310 e. The molecule has 1 N–H and O–H groups in total. The molecule has 1 aliphatic heterocycles. The summed E-state index contributed by atoms with van der Waals surface area (Å²) in [5.74, 6) is 0.235. The molecule has 0 saturated carbocycles. The fourth-order valence-corrected chi connectivity index (χ4v) is 3.45. The highest BCUT2D eigenvalue weighted by Crippen LogP contribution is 2.39. The fourth-order valence-electron chi connectivity index (χ4n) is 3.22. The van der Waals surface area contributed by atoms with Gasteiger partial charge in [-0.15, -0.1) is 0 Å². The van der Waals surface area contributed by atoms with E-state index in [0.29, 0.717) is 10.6 Å². The van der Waals surface area contributed by atoms with Gasteiger partial charge in [-0.25, -0.2) is 0 Å². The van der Waals surface area contributed by atoms with Crippen LogP contribution in [0.5, 0.6) is 0 Å². The van der Waals surface area contributed by atoms with Crippen LogP contribution in [-0.4, -0.2) is 6.54 Å². The van der Waals surface area contributed by atoms with Gasteiger partial charge in [0, 0.05) is 11.1 Å². The standard InChI is InChI=1S/C18H17ClF3N/c19-16-7-6-14(18(20,21)22)11-15(16)17-13(8-9-23-17)10-12-4-2-1-3-5-12/h1-7,11,13,17,23H,8-10H2. The first-order valence-electron chi connectivity index (χ1n) is 7.59. The smallest absolute Gasteiger partial charge is 0.310 e. The summed E-state index contributed by atoms with van der Waals surface area (Å²) in [4.78, 5) is 0. The highest BCUT2D eigenvalue weighted by Gasteiger charge is 2.34. The van der Waals surface area contributed by atoms with Gasteiger partial charge in [0.1, 0.15) is 0 Å². The zero-order valence-corrected chi connectivity index (χ0v) is 13.2. The van der Waals surface area contributed by atoms with Crippen molar-refractivity contribution in [1.29, 1.82) is 0 Å². The third kappa shape index (κ3) is 3.70. The summed E-state index contributed by atoms with van der Waals surface area (Å²) in [6.45, 7) is 0.786. The number of alkyl halides is 3. The lowest BCUT2D eigenvalue weighted by molar-refractivity contribution is -0.137. The van der Waals surface area contributed by atoms with Gasteiger partial charge in [0.15, 0.2) is 0 Å². The lowest BCUT2D eigenvalue weighted by Gasteiger charge is -2.22. The van der Waals surface area contributed by atoms with Gasteiger partial charge in [-0.2, -0.15) is 13.2 Å². The predicted molar refractivity (Wildman–Crippen MR) is 85.5 cm³/mol. The number of hydrogen-bond acceptors (Lipinski definition) is 1. The zero-order valence-electron chi connectivity index (χ0n) is 12.4. The molecule has 0 amide bonds. The maximum atomic E-state index is 13.0. The van der Waals surface area contributed by atoms with Crippen LogP contribution in [-0.2, 0) is 12.6 Å². The van der Waals surface area contributed by atoms with E-state index in [-0.39, 0.29) is 12.0 Å². The minimum absolute atomic E-state index is 0.148. The Hall–Kier alpha value is -1.52. The molecule has 1 aliphatic rings. The van der Waals surface area contributed by atoms with Crippen molar-refractivity contribution in [3.63, 3.8) is 0 Å². The third-order valence-electron chi connectivity index (χ3n) is 4.35. The maximum absolute atomic E-state index is 13.0. The van der Waals surface area contributed by atoms with Crippen LogP contribution in [0.3, 0.4) is 0 Å². The molecule has 5 heteroatoms. The molecule has 2 atom stereocenters. The largest absolute Gasteiger partial charge is 0.416 e. The molecule has 122 valence electrons. The number of rotatable bonds is 3. The second kappa shape index (κ2) is 6.54. The fraction of sp³-hybridized carbons (Fsp3) is 0.333. The molecule has 2 unspecified atom stereocenters. The first kappa shape index (κ1) is 16.3. The lowest BCUT2D eigenvalue weighted by atomic mass is 9.88. The molecule has 1 nitrogen and oxygen atoms in total. The van der Waals surface area contributed by atoms with Gasteiger partial charge in [0.25, 0.3) is 0 Å². The van der Waals surface area contributed by atoms with Crippen molar-refractivity contribution in [2.75, 3.05) is 6.54 Å². The van der Waals surface area contributed by atoms with Crippen molar-refractivity contribution >= 4 is 11.6 Å². The van der Waals surface area contributed by atoms with Crippen molar-refractivity contribution in [3.8, 4) is 0 Å². The van der Waals surface area contributed by atoms with E-state index < -0.39 is 11.7 Å². The van der Waals surface area contributed by atoms with Crippen molar-refractivity contribution in [2.45, 2.75) is 25.1 Å². The molecule has 3 rings (SSSR count). The summed E-state index contributed by atoms with van der Waals surface area (Å²) in [5.41, 5.74) is 1.08. The Morgan fingerprint density at radius 3 is 2.52 bits per heavy atom. The molecule has 0 spiro atoms. The van der Waals surface area contributed by atoms with Crippen molar-refractivity contribution < 1.29 is 13.2 Å². The number of halogens is 4. The third-order valence-corrected chi connectivity index (χ3v) is 4.69. The monoisotopic (exact) mass is 339 g/mol. The molecule has 0 radical (unpaired) electrons. The molecule has 2 aromatic carbocycles. The van der Waals surface area contributed by atoms with Crippen LogP contribution >= 0.6 is 11.6 Å². The second-order valence-corrected chi connectivity index (χ2v) is 6.31. The molecule has 0 aliphatic carbocycles. The Balaban J connectivity index is 1.88. The summed E-state index contributed by atoms with van der Waals surface area (Å²) in [6.07, 6.45) is -2.61.